The predicted octanol–water partition coefficient (Wildman–Crippen LogP) is 3.42. The van der Waals surface area contributed by atoms with Crippen LogP contribution in [-0.2, 0) is 10.5 Å². The molecule has 1 aliphatic rings. The summed E-state index contributed by atoms with van der Waals surface area (Å²) in [6.45, 7) is 1.27. The fourth-order valence-electron chi connectivity index (χ4n) is 3.01. The molecule has 26 heavy (non-hydrogen) atoms. The Morgan fingerprint density at radius 1 is 1.23 bits per heavy atom. The first kappa shape index (κ1) is 17.1. The van der Waals surface area contributed by atoms with Crippen molar-refractivity contribution < 1.29 is 13.9 Å². The Morgan fingerprint density at radius 2 is 2.08 bits per heavy atom. The van der Waals surface area contributed by atoms with Crippen LogP contribution in [0, 0.1) is 0 Å². The fourth-order valence-corrected chi connectivity index (χ4v) is 3.85. The third-order valence-corrected chi connectivity index (χ3v) is 5.21. The summed E-state index contributed by atoms with van der Waals surface area (Å²) in [6.07, 6.45) is 5.54. The highest BCUT2D eigenvalue weighted by Gasteiger charge is 2.23. The van der Waals surface area contributed by atoms with E-state index in [1.165, 1.54) is 11.8 Å². The largest absolute Gasteiger partial charge is 0.451 e. The zero-order valence-corrected chi connectivity index (χ0v) is 15.0. The number of aromatic nitrogens is 2. The highest BCUT2D eigenvalue weighted by atomic mass is 32.2. The Hall–Kier alpha value is -2.38. The van der Waals surface area contributed by atoms with Gasteiger partial charge < -0.3 is 14.5 Å². The molecule has 4 rings (SSSR count). The number of carbonyl (C=O) groups is 1. The number of nitrogens with zero attached hydrogens (tertiary/aromatic N) is 2. The number of furan rings is 1. The van der Waals surface area contributed by atoms with Gasteiger partial charge in [-0.25, -0.2) is 9.97 Å². The van der Waals surface area contributed by atoms with Crippen molar-refractivity contribution in [2.45, 2.75) is 29.9 Å². The Morgan fingerprint density at radius 3 is 2.88 bits per heavy atom. The van der Waals surface area contributed by atoms with Gasteiger partial charge in [0.25, 0.3) is 5.91 Å². The fraction of sp³-hybridized carbons (Fsp3) is 0.316. The Labute approximate surface area is 155 Å². The lowest BCUT2D eigenvalue weighted by molar-refractivity contribution is 0.0836. The number of ether oxygens (including phenoxy) is 1. The van der Waals surface area contributed by atoms with Crippen molar-refractivity contribution in [3.63, 3.8) is 0 Å². The van der Waals surface area contributed by atoms with E-state index in [0.29, 0.717) is 28.8 Å². The first-order valence-electron chi connectivity index (χ1n) is 8.61. The lowest BCUT2D eigenvalue weighted by Gasteiger charge is -2.10. The number of rotatable bonds is 6. The average Bonchev–Trinajstić information content (AvgIpc) is 3.33. The molecule has 0 unspecified atom stereocenters. The van der Waals surface area contributed by atoms with E-state index in [-0.39, 0.29) is 12.0 Å². The molecule has 0 saturated carbocycles. The number of benzene rings is 1. The van der Waals surface area contributed by atoms with E-state index < -0.39 is 0 Å². The summed E-state index contributed by atoms with van der Waals surface area (Å²) in [6, 6.07) is 9.47. The van der Waals surface area contributed by atoms with Gasteiger partial charge in [0.2, 0.25) is 0 Å². The molecule has 3 heterocycles. The summed E-state index contributed by atoms with van der Waals surface area (Å²) >= 11 is 1.48. The molecule has 0 spiro atoms. The molecule has 3 aromatic rings. The van der Waals surface area contributed by atoms with E-state index in [1.807, 2.05) is 24.3 Å². The van der Waals surface area contributed by atoms with Gasteiger partial charge in [-0.15, -0.1) is 0 Å². The van der Waals surface area contributed by atoms with Crippen molar-refractivity contribution in [2.24, 2.45) is 0 Å². The number of hydrogen-bond acceptors (Lipinski definition) is 6. The lowest BCUT2D eigenvalue weighted by Crippen LogP contribution is -2.32. The molecule has 2 aromatic heterocycles. The standard InChI is InChI=1S/C19H19N3O3S/c23-18(22-11-13-5-3-10-24-13)17-15(12-26-19-20-8-4-9-21-19)14-6-1-2-7-16(14)25-17/h1-2,4,6-9,13H,3,5,10-12H2,(H,22,23)/t13-/m0/s1. The van der Waals surface area contributed by atoms with E-state index >= 15 is 0 Å². The van der Waals surface area contributed by atoms with E-state index in [2.05, 4.69) is 15.3 Å². The normalized spacial score (nSPS) is 16.8. The van der Waals surface area contributed by atoms with Crippen molar-refractivity contribution >= 4 is 28.6 Å². The molecule has 134 valence electrons. The van der Waals surface area contributed by atoms with Crippen molar-refractivity contribution in [2.75, 3.05) is 13.2 Å². The molecule has 1 atom stereocenters. The summed E-state index contributed by atoms with van der Waals surface area (Å²) in [5, 5.41) is 4.55. The molecule has 1 N–H and O–H groups in total. The molecule has 1 saturated heterocycles. The van der Waals surface area contributed by atoms with Crippen molar-refractivity contribution in [1.82, 2.24) is 15.3 Å². The van der Waals surface area contributed by atoms with Gasteiger partial charge in [0.15, 0.2) is 10.9 Å². The first-order chi connectivity index (χ1) is 12.8. The maximum atomic E-state index is 12.7. The van der Waals surface area contributed by atoms with Crippen LogP contribution < -0.4 is 5.32 Å². The molecule has 1 aliphatic heterocycles. The van der Waals surface area contributed by atoms with Crippen LogP contribution in [0.3, 0.4) is 0 Å². The Kier molecular flexibility index (Phi) is 5.17. The van der Waals surface area contributed by atoms with Crippen LogP contribution in [0.15, 0.2) is 52.3 Å². The maximum absolute atomic E-state index is 12.7. The third-order valence-electron chi connectivity index (χ3n) is 4.31. The van der Waals surface area contributed by atoms with Gasteiger partial charge in [-0.3, -0.25) is 4.79 Å². The highest BCUT2D eigenvalue weighted by molar-refractivity contribution is 7.98. The van der Waals surface area contributed by atoms with E-state index in [9.17, 15) is 4.79 Å². The van der Waals surface area contributed by atoms with Gasteiger partial charge in [-0.05, 0) is 25.0 Å². The topological polar surface area (TPSA) is 77.2 Å². The minimum Gasteiger partial charge on any atom is -0.451 e. The van der Waals surface area contributed by atoms with Crippen LogP contribution in [0.25, 0.3) is 11.0 Å². The van der Waals surface area contributed by atoms with E-state index in [4.69, 9.17) is 9.15 Å². The van der Waals surface area contributed by atoms with Crippen LogP contribution in [-0.4, -0.2) is 35.1 Å². The van der Waals surface area contributed by atoms with E-state index in [0.717, 1.165) is 30.4 Å². The van der Waals surface area contributed by atoms with Gasteiger partial charge in [-0.2, -0.15) is 0 Å². The molecular weight excluding hydrogens is 350 g/mol. The number of para-hydroxylation sites is 1. The molecule has 1 fully saturated rings. The first-order valence-corrected chi connectivity index (χ1v) is 9.60. The van der Waals surface area contributed by atoms with Gasteiger partial charge in [0.1, 0.15) is 5.58 Å². The Bertz CT molecular complexity index is 891. The molecule has 0 radical (unpaired) electrons. The van der Waals surface area contributed by atoms with Crippen molar-refractivity contribution in [3.8, 4) is 0 Å². The number of hydrogen-bond donors (Lipinski definition) is 1. The smallest absolute Gasteiger partial charge is 0.287 e. The minimum absolute atomic E-state index is 0.0962. The summed E-state index contributed by atoms with van der Waals surface area (Å²) in [5.74, 6) is 0.706. The number of nitrogens with one attached hydrogen (secondary N) is 1. The number of carbonyl (C=O) groups excluding carboxylic acids is 1. The average molecular weight is 369 g/mol. The van der Waals surface area contributed by atoms with Crippen LogP contribution >= 0.6 is 11.8 Å². The maximum Gasteiger partial charge on any atom is 0.287 e. The quantitative estimate of drug-likeness (QED) is 0.530. The molecule has 7 heteroatoms. The molecule has 0 bridgehead atoms. The second-order valence-electron chi connectivity index (χ2n) is 6.07. The summed E-state index contributed by atoms with van der Waals surface area (Å²) in [7, 11) is 0. The summed E-state index contributed by atoms with van der Waals surface area (Å²) < 4.78 is 11.4. The second-order valence-corrected chi connectivity index (χ2v) is 7.01. The zero-order valence-electron chi connectivity index (χ0n) is 14.2. The molecular formula is C19H19N3O3S. The molecule has 6 nitrogen and oxygen atoms in total. The van der Waals surface area contributed by atoms with Crippen LogP contribution in [0.1, 0.15) is 29.0 Å². The summed E-state index contributed by atoms with van der Waals surface area (Å²) in [5.41, 5.74) is 1.57. The predicted molar refractivity (Wildman–Crippen MR) is 99.1 cm³/mol. The van der Waals surface area contributed by atoms with Crippen LogP contribution in [0.4, 0.5) is 0 Å². The number of amides is 1. The van der Waals surface area contributed by atoms with E-state index in [1.54, 1.807) is 18.5 Å². The third kappa shape index (κ3) is 3.73. The Balaban J connectivity index is 1.55. The van der Waals surface area contributed by atoms with Crippen LogP contribution in [0.5, 0.6) is 0 Å². The van der Waals surface area contributed by atoms with Crippen LogP contribution in [0.2, 0.25) is 0 Å². The number of thioether (sulfide) groups is 1. The minimum atomic E-state index is -0.207. The lowest BCUT2D eigenvalue weighted by atomic mass is 10.1. The summed E-state index contributed by atoms with van der Waals surface area (Å²) in [4.78, 5) is 21.2. The molecule has 1 aromatic carbocycles. The monoisotopic (exact) mass is 369 g/mol. The molecule has 0 aliphatic carbocycles. The van der Waals surface area contributed by atoms with Gasteiger partial charge in [0, 0.05) is 42.2 Å². The van der Waals surface area contributed by atoms with Crippen molar-refractivity contribution in [3.05, 3.63) is 54.0 Å². The van der Waals surface area contributed by atoms with Gasteiger partial charge in [0.05, 0.1) is 6.10 Å². The SMILES string of the molecule is O=C(NC[C@@H]1CCCO1)c1oc2ccccc2c1CSc1ncccn1. The number of fused-ring (bicyclic) bond motifs is 1. The zero-order chi connectivity index (χ0) is 17.8. The van der Waals surface area contributed by atoms with Crippen molar-refractivity contribution in [1.29, 1.82) is 0 Å². The second kappa shape index (κ2) is 7.88. The van der Waals surface area contributed by atoms with Gasteiger partial charge in [-0.1, -0.05) is 30.0 Å². The van der Waals surface area contributed by atoms with Gasteiger partial charge >= 0.3 is 0 Å². The highest BCUT2D eigenvalue weighted by Crippen LogP contribution is 2.31. The molecule has 1 amide bonds.